The molecule has 8 heteroatoms. The van der Waals surface area contributed by atoms with Gasteiger partial charge in [0.15, 0.2) is 0 Å². The topological polar surface area (TPSA) is 117 Å². The van der Waals surface area contributed by atoms with Gasteiger partial charge in [0.25, 0.3) is 10.0 Å². The van der Waals surface area contributed by atoms with Crippen molar-refractivity contribution in [3.8, 4) is 0 Å². The standard InChI is InChI=1S/C12H17NO6S/c14-11(15)9-4-5-10(19-9)20(17,18)13-8-12(16)6-2-1-3-7-12/h4-5,13,16H,1-3,6-8H2,(H,14,15). The van der Waals surface area contributed by atoms with Crippen molar-refractivity contribution < 1.29 is 27.8 Å². The highest BCUT2D eigenvalue weighted by Crippen LogP contribution is 2.27. The Labute approximate surface area is 116 Å². The average Bonchev–Trinajstić information content (AvgIpc) is 2.88. The van der Waals surface area contributed by atoms with Crippen LogP contribution in [0.1, 0.15) is 42.7 Å². The van der Waals surface area contributed by atoms with Crippen LogP contribution in [0, 0.1) is 0 Å². The highest BCUT2D eigenvalue weighted by molar-refractivity contribution is 7.89. The lowest BCUT2D eigenvalue weighted by Gasteiger charge is -2.31. The normalized spacial score (nSPS) is 18.9. The number of hydrogen-bond acceptors (Lipinski definition) is 5. The Kier molecular flexibility index (Phi) is 4.17. The molecule has 0 radical (unpaired) electrons. The van der Waals surface area contributed by atoms with Crippen LogP contribution in [0.25, 0.3) is 0 Å². The Morgan fingerprint density at radius 1 is 1.30 bits per heavy atom. The Bertz CT molecular complexity index is 585. The van der Waals surface area contributed by atoms with E-state index in [-0.39, 0.29) is 6.54 Å². The molecule has 0 aromatic carbocycles. The lowest BCUT2D eigenvalue weighted by molar-refractivity contribution is 0.00937. The molecule has 1 aliphatic rings. The van der Waals surface area contributed by atoms with Gasteiger partial charge in [-0.2, -0.15) is 0 Å². The fourth-order valence-electron chi connectivity index (χ4n) is 2.27. The van der Waals surface area contributed by atoms with E-state index in [9.17, 15) is 18.3 Å². The predicted octanol–water partition coefficient (Wildman–Crippen LogP) is 0.951. The van der Waals surface area contributed by atoms with Crippen LogP contribution in [0.3, 0.4) is 0 Å². The summed E-state index contributed by atoms with van der Waals surface area (Å²) in [6.07, 6.45) is 3.86. The van der Waals surface area contributed by atoms with Crippen molar-refractivity contribution in [3.63, 3.8) is 0 Å². The maximum absolute atomic E-state index is 11.9. The van der Waals surface area contributed by atoms with Crippen LogP contribution < -0.4 is 4.72 Å². The van der Waals surface area contributed by atoms with Crippen LogP contribution in [0.4, 0.5) is 0 Å². The van der Waals surface area contributed by atoms with Crippen LogP contribution >= 0.6 is 0 Å². The number of nitrogens with one attached hydrogen (secondary N) is 1. The quantitative estimate of drug-likeness (QED) is 0.745. The van der Waals surface area contributed by atoms with E-state index in [1.807, 2.05) is 0 Å². The molecule has 0 spiro atoms. The second kappa shape index (κ2) is 5.55. The maximum atomic E-state index is 11.9. The molecule has 1 aromatic rings. The van der Waals surface area contributed by atoms with Crippen molar-refractivity contribution in [3.05, 3.63) is 17.9 Å². The molecule has 0 atom stereocenters. The third kappa shape index (κ3) is 3.38. The van der Waals surface area contributed by atoms with Gasteiger partial charge < -0.3 is 14.6 Å². The van der Waals surface area contributed by atoms with Gasteiger partial charge in [0.2, 0.25) is 10.9 Å². The first-order chi connectivity index (χ1) is 9.32. The molecule has 1 saturated carbocycles. The molecule has 7 nitrogen and oxygen atoms in total. The van der Waals surface area contributed by atoms with Crippen molar-refractivity contribution in [2.75, 3.05) is 6.54 Å². The molecule has 112 valence electrons. The number of furan rings is 1. The van der Waals surface area contributed by atoms with Gasteiger partial charge in [0.05, 0.1) is 5.60 Å². The minimum Gasteiger partial charge on any atom is -0.475 e. The van der Waals surface area contributed by atoms with Crippen molar-refractivity contribution >= 4 is 16.0 Å². The maximum Gasteiger partial charge on any atom is 0.371 e. The summed E-state index contributed by atoms with van der Waals surface area (Å²) < 4.78 is 30.9. The molecule has 2 rings (SSSR count). The molecule has 1 aromatic heterocycles. The van der Waals surface area contributed by atoms with Crippen molar-refractivity contribution in [1.82, 2.24) is 4.72 Å². The minimum absolute atomic E-state index is 0.0988. The van der Waals surface area contributed by atoms with Gasteiger partial charge in [0.1, 0.15) is 0 Å². The molecule has 0 saturated heterocycles. The molecule has 0 amide bonds. The van der Waals surface area contributed by atoms with Gasteiger partial charge in [-0.25, -0.2) is 17.9 Å². The summed E-state index contributed by atoms with van der Waals surface area (Å²) in [6, 6.07) is 2.16. The number of rotatable bonds is 5. The first kappa shape index (κ1) is 15.0. The van der Waals surface area contributed by atoms with Crippen molar-refractivity contribution in [1.29, 1.82) is 0 Å². The van der Waals surface area contributed by atoms with E-state index in [4.69, 9.17) is 9.52 Å². The van der Waals surface area contributed by atoms with E-state index in [2.05, 4.69) is 4.72 Å². The molecule has 0 bridgehead atoms. The summed E-state index contributed by atoms with van der Waals surface area (Å²) in [5.74, 6) is -1.78. The minimum atomic E-state index is -3.95. The van der Waals surface area contributed by atoms with Gasteiger partial charge >= 0.3 is 5.97 Å². The van der Waals surface area contributed by atoms with E-state index in [0.29, 0.717) is 12.8 Å². The SMILES string of the molecule is O=C(O)c1ccc(S(=O)(=O)NCC2(O)CCCCC2)o1. The number of carbonyl (C=O) groups is 1. The highest BCUT2D eigenvalue weighted by Gasteiger charge is 2.31. The van der Waals surface area contributed by atoms with Gasteiger partial charge in [-0.3, -0.25) is 0 Å². The van der Waals surface area contributed by atoms with E-state index in [0.717, 1.165) is 31.4 Å². The van der Waals surface area contributed by atoms with Crippen LogP contribution in [-0.2, 0) is 10.0 Å². The zero-order chi connectivity index (χ0) is 14.8. The first-order valence-electron chi connectivity index (χ1n) is 6.38. The van der Waals surface area contributed by atoms with Gasteiger partial charge in [-0.05, 0) is 25.0 Å². The molecule has 0 aliphatic heterocycles. The zero-order valence-corrected chi connectivity index (χ0v) is 11.6. The Balaban J connectivity index is 2.05. The lowest BCUT2D eigenvalue weighted by atomic mass is 9.85. The Morgan fingerprint density at radius 2 is 1.95 bits per heavy atom. The van der Waals surface area contributed by atoms with Crippen LogP contribution in [0.5, 0.6) is 0 Å². The van der Waals surface area contributed by atoms with Crippen LogP contribution in [0.2, 0.25) is 0 Å². The summed E-state index contributed by atoms with van der Waals surface area (Å²) in [5, 5.41) is 18.4. The van der Waals surface area contributed by atoms with E-state index < -0.39 is 32.4 Å². The summed E-state index contributed by atoms with van der Waals surface area (Å²) in [6.45, 7) is -0.0988. The number of carboxylic acid groups (broad SMARTS) is 1. The number of carboxylic acids is 1. The third-order valence-electron chi connectivity index (χ3n) is 3.43. The first-order valence-corrected chi connectivity index (χ1v) is 7.86. The highest BCUT2D eigenvalue weighted by atomic mass is 32.2. The lowest BCUT2D eigenvalue weighted by Crippen LogP contribution is -2.44. The summed E-state index contributed by atoms with van der Waals surface area (Å²) >= 11 is 0. The Hall–Kier alpha value is -1.38. The molecule has 20 heavy (non-hydrogen) atoms. The summed E-state index contributed by atoms with van der Waals surface area (Å²) in [5.41, 5.74) is -1.03. The molecule has 0 unspecified atom stereocenters. The Morgan fingerprint density at radius 3 is 2.50 bits per heavy atom. The average molecular weight is 303 g/mol. The monoisotopic (exact) mass is 303 g/mol. The predicted molar refractivity (Wildman–Crippen MR) is 68.9 cm³/mol. The zero-order valence-electron chi connectivity index (χ0n) is 10.8. The van der Waals surface area contributed by atoms with E-state index in [1.165, 1.54) is 0 Å². The van der Waals surface area contributed by atoms with Gasteiger partial charge in [-0.1, -0.05) is 19.3 Å². The smallest absolute Gasteiger partial charge is 0.371 e. The summed E-state index contributed by atoms with van der Waals surface area (Å²) in [4.78, 5) is 10.6. The number of sulfonamides is 1. The molecule has 3 N–H and O–H groups in total. The number of aromatic carboxylic acids is 1. The van der Waals surface area contributed by atoms with Crippen LogP contribution in [-0.4, -0.2) is 36.7 Å². The molecule has 1 heterocycles. The molecular weight excluding hydrogens is 286 g/mol. The van der Waals surface area contributed by atoms with Crippen molar-refractivity contribution in [2.45, 2.75) is 42.8 Å². The molecule has 1 aliphatic carbocycles. The summed E-state index contributed by atoms with van der Waals surface area (Å²) in [7, 11) is -3.95. The van der Waals surface area contributed by atoms with E-state index >= 15 is 0 Å². The van der Waals surface area contributed by atoms with Crippen molar-refractivity contribution in [2.24, 2.45) is 0 Å². The van der Waals surface area contributed by atoms with Gasteiger partial charge in [-0.15, -0.1) is 0 Å². The third-order valence-corrected chi connectivity index (χ3v) is 4.71. The molecule has 1 fully saturated rings. The largest absolute Gasteiger partial charge is 0.475 e. The number of aliphatic hydroxyl groups is 1. The molecular formula is C12H17NO6S. The fourth-order valence-corrected chi connectivity index (χ4v) is 3.31. The van der Waals surface area contributed by atoms with Gasteiger partial charge in [0, 0.05) is 6.54 Å². The fraction of sp³-hybridized carbons (Fsp3) is 0.583. The van der Waals surface area contributed by atoms with Crippen LogP contribution in [0.15, 0.2) is 21.6 Å². The number of hydrogen-bond donors (Lipinski definition) is 3. The second-order valence-corrected chi connectivity index (χ2v) is 6.73. The second-order valence-electron chi connectivity index (χ2n) is 5.03. The van der Waals surface area contributed by atoms with E-state index in [1.54, 1.807) is 0 Å².